The highest BCUT2D eigenvalue weighted by Gasteiger charge is 2.37. The van der Waals surface area contributed by atoms with Crippen LogP contribution in [0.2, 0.25) is 0 Å². The quantitative estimate of drug-likeness (QED) is 0.813. The molecule has 17 heavy (non-hydrogen) atoms. The van der Waals surface area contributed by atoms with Gasteiger partial charge < -0.3 is 10.8 Å². The number of hydrogen-bond acceptors (Lipinski definition) is 3. The molecule has 0 aliphatic carbocycles. The lowest BCUT2D eigenvalue weighted by Crippen LogP contribution is -2.18. The maximum Gasteiger partial charge on any atom is 0.433 e. The first-order valence-corrected chi connectivity index (χ1v) is 4.50. The van der Waals surface area contributed by atoms with Crippen molar-refractivity contribution in [3.8, 4) is 0 Å². The van der Waals surface area contributed by atoms with Gasteiger partial charge in [-0.3, -0.25) is 0 Å². The van der Waals surface area contributed by atoms with Gasteiger partial charge in [0.2, 0.25) is 0 Å². The first kappa shape index (κ1) is 13.8. The number of alkyl halides is 5. The Balaban J connectivity index is 3.51. The molecule has 0 bridgehead atoms. The van der Waals surface area contributed by atoms with Crippen molar-refractivity contribution in [3.63, 3.8) is 0 Å². The molecule has 0 fully saturated rings. The fourth-order valence-electron chi connectivity index (χ4n) is 1.37. The number of hydrogen-bond donors (Lipinski definition) is 2. The van der Waals surface area contributed by atoms with Gasteiger partial charge >= 0.3 is 6.18 Å². The van der Waals surface area contributed by atoms with Gasteiger partial charge in [-0.25, -0.2) is 13.8 Å². The van der Waals surface area contributed by atoms with Crippen LogP contribution in [-0.2, 0) is 19.3 Å². The van der Waals surface area contributed by atoms with Gasteiger partial charge in [0.15, 0.2) is 0 Å². The second kappa shape index (κ2) is 4.92. The fraction of sp³-hybridized carbons (Fsp3) is 0.444. The minimum Gasteiger partial charge on any atom is -0.390 e. The molecule has 1 rings (SSSR count). The minimum atomic E-state index is -4.89. The molecule has 0 amide bonds. The van der Waals surface area contributed by atoms with Crippen molar-refractivity contribution in [3.05, 3.63) is 28.6 Å². The van der Waals surface area contributed by atoms with Gasteiger partial charge in [-0.15, -0.1) is 0 Å². The molecule has 0 saturated heterocycles. The molecule has 96 valence electrons. The van der Waals surface area contributed by atoms with Crippen LogP contribution in [0.1, 0.15) is 28.9 Å². The van der Waals surface area contributed by atoms with Gasteiger partial charge in [-0.2, -0.15) is 13.2 Å². The summed E-state index contributed by atoms with van der Waals surface area (Å²) in [5, 5.41) is 8.69. The highest BCUT2D eigenvalue weighted by molar-refractivity contribution is 5.35. The van der Waals surface area contributed by atoms with E-state index in [-0.39, 0.29) is 0 Å². The number of nitrogens with zero attached hydrogens (tertiary/aromatic N) is 1. The number of nitrogens with two attached hydrogens (primary N) is 1. The molecule has 0 atom stereocenters. The Bertz CT molecular complexity index is 405. The number of halogens is 5. The summed E-state index contributed by atoms with van der Waals surface area (Å²) >= 11 is 0. The van der Waals surface area contributed by atoms with Crippen molar-refractivity contribution < 1.29 is 27.1 Å². The zero-order valence-corrected chi connectivity index (χ0v) is 8.43. The fourth-order valence-corrected chi connectivity index (χ4v) is 1.37. The predicted octanol–water partition coefficient (Wildman–Crippen LogP) is 1.99. The normalized spacial score (nSPS) is 12.2. The number of aliphatic hydroxyl groups excluding tert-OH is 1. The van der Waals surface area contributed by atoms with E-state index in [0.29, 0.717) is 0 Å². The topological polar surface area (TPSA) is 59.1 Å². The lowest BCUT2D eigenvalue weighted by atomic mass is 10.0. The Morgan fingerprint density at radius 3 is 2.29 bits per heavy atom. The molecular weight excluding hydrogens is 247 g/mol. The Morgan fingerprint density at radius 1 is 1.35 bits per heavy atom. The largest absolute Gasteiger partial charge is 0.433 e. The maximum absolute atomic E-state index is 12.6. The Labute approximate surface area is 93.1 Å². The summed E-state index contributed by atoms with van der Waals surface area (Å²) in [6, 6.07) is 0.724. The van der Waals surface area contributed by atoms with Crippen LogP contribution in [0.3, 0.4) is 0 Å². The zero-order chi connectivity index (χ0) is 13.2. The summed E-state index contributed by atoms with van der Waals surface area (Å²) in [6.07, 6.45) is -7.99. The van der Waals surface area contributed by atoms with Crippen molar-refractivity contribution in [2.75, 3.05) is 0 Å². The Hall–Kier alpha value is -1.28. The third-order valence-electron chi connectivity index (χ3n) is 2.08. The SMILES string of the molecule is NCc1c(C(F)F)cc(CO)nc1C(F)(F)F. The molecular formula is C9H9F5N2O. The van der Waals surface area contributed by atoms with Crippen LogP contribution < -0.4 is 5.73 Å². The van der Waals surface area contributed by atoms with E-state index in [2.05, 4.69) is 4.98 Å². The maximum atomic E-state index is 12.6. The van der Waals surface area contributed by atoms with E-state index < -0.39 is 48.3 Å². The molecule has 0 radical (unpaired) electrons. The van der Waals surface area contributed by atoms with E-state index in [1.54, 1.807) is 0 Å². The van der Waals surface area contributed by atoms with Crippen molar-refractivity contribution in [1.82, 2.24) is 4.98 Å². The third-order valence-corrected chi connectivity index (χ3v) is 2.08. The van der Waals surface area contributed by atoms with Crippen molar-refractivity contribution in [1.29, 1.82) is 0 Å². The highest BCUT2D eigenvalue weighted by Crippen LogP contribution is 2.35. The van der Waals surface area contributed by atoms with Gasteiger partial charge in [0.1, 0.15) is 5.69 Å². The number of aliphatic hydroxyl groups is 1. The van der Waals surface area contributed by atoms with Crippen LogP contribution in [-0.4, -0.2) is 10.1 Å². The average Bonchev–Trinajstić information content (AvgIpc) is 2.25. The number of rotatable bonds is 3. The molecule has 0 saturated carbocycles. The molecule has 0 aliphatic rings. The molecule has 8 heteroatoms. The number of pyridine rings is 1. The summed E-state index contributed by atoms with van der Waals surface area (Å²) in [5.41, 5.74) is 1.51. The van der Waals surface area contributed by atoms with Crippen molar-refractivity contribution >= 4 is 0 Å². The van der Waals surface area contributed by atoms with Crippen LogP contribution in [0.4, 0.5) is 22.0 Å². The van der Waals surface area contributed by atoms with Crippen molar-refractivity contribution in [2.45, 2.75) is 25.8 Å². The first-order chi connectivity index (χ1) is 7.81. The van der Waals surface area contributed by atoms with E-state index in [1.165, 1.54) is 0 Å². The van der Waals surface area contributed by atoms with E-state index in [0.717, 1.165) is 6.07 Å². The zero-order valence-electron chi connectivity index (χ0n) is 8.43. The lowest BCUT2D eigenvalue weighted by molar-refractivity contribution is -0.142. The summed E-state index contributed by atoms with van der Waals surface area (Å²) in [4.78, 5) is 3.09. The Kier molecular flexibility index (Phi) is 3.99. The standard InChI is InChI=1S/C9H9F5N2O/c10-8(11)5-1-4(3-17)16-7(6(5)2-15)9(12,13)14/h1,8,17H,2-3,15H2. The molecule has 1 heterocycles. The van der Waals surface area contributed by atoms with E-state index in [1.807, 2.05) is 0 Å². The van der Waals surface area contributed by atoms with E-state index >= 15 is 0 Å². The smallest absolute Gasteiger partial charge is 0.390 e. The van der Waals surface area contributed by atoms with Crippen LogP contribution in [0.5, 0.6) is 0 Å². The summed E-state index contributed by atoms with van der Waals surface area (Å²) in [7, 11) is 0. The molecule has 0 unspecified atom stereocenters. The molecule has 0 aromatic carbocycles. The Morgan fingerprint density at radius 2 is 1.94 bits per heavy atom. The lowest BCUT2D eigenvalue weighted by Gasteiger charge is -2.15. The second-order valence-corrected chi connectivity index (χ2v) is 3.19. The van der Waals surface area contributed by atoms with Gasteiger partial charge in [0.25, 0.3) is 6.43 Å². The minimum absolute atomic E-state index is 0.468. The second-order valence-electron chi connectivity index (χ2n) is 3.19. The van der Waals surface area contributed by atoms with Crippen LogP contribution >= 0.6 is 0 Å². The molecule has 3 N–H and O–H groups in total. The van der Waals surface area contributed by atoms with Gasteiger partial charge in [0, 0.05) is 17.7 Å². The van der Waals surface area contributed by atoms with Gasteiger partial charge in [-0.1, -0.05) is 0 Å². The van der Waals surface area contributed by atoms with Crippen molar-refractivity contribution in [2.24, 2.45) is 5.73 Å². The average molecular weight is 256 g/mol. The third kappa shape index (κ3) is 2.89. The van der Waals surface area contributed by atoms with E-state index in [4.69, 9.17) is 10.8 Å². The van der Waals surface area contributed by atoms with Crippen LogP contribution in [0.15, 0.2) is 6.07 Å². The van der Waals surface area contributed by atoms with Gasteiger partial charge in [-0.05, 0) is 6.07 Å². The molecule has 0 aliphatic heterocycles. The molecule has 3 nitrogen and oxygen atoms in total. The number of aromatic nitrogens is 1. The molecule has 1 aromatic rings. The van der Waals surface area contributed by atoms with E-state index in [9.17, 15) is 22.0 Å². The summed E-state index contributed by atoms with van der Waals surface area (Å²) < 4.78 is 62.8. The summed E-state index contributed by atoms with van der Waals surface area (Å²) in [5.74, 6) is 0. The first-order valence-electron chi connectivity index (χ1n) is 4.50. The molecule has 1 aromatic heterocycles. The molecule has 0 spiro atoms. The summed E-state index contributed by atoms with van der Waals surface area (Å²) in [6.45, 7) is -1.55. The van der Waals surface area contributed by atoms with Gasteiger partial charge in [0.05, 0.1) is 12.3 Å². The monoisotopic (exact) mass is 256 g/mol. The highest BCUT2D eigenvalue weighted by atomic mass is 19.4. The van der Waals surface area contributed by atoms with Crippen LogP contribution in [0.25, 0.3) is 0 Å². The van der Waals surface area contributed by atoms with Crippen LogP contribution in [0, 0.1) is 0 Å². The predicted molar refractivity (Wildman–Crippen MR) is 48.0 cm³/mol.